The zero-order chi connectivity index (χ0) is 14.9. The van der Waals surface area contributed by atoms with Gasteiger partial charge in [-0.1, -0.05) is 11.6 Å². The predicted octanol–water partition coefficient (Wildman–Crippen LogP) is 2.19. The molecular formula is C13H18ClFN2O2S. The minimum atomic E-state index is -3.75. The van der Waals surface area contributed by atoms with Gasteiger partial charge in [-0.25, -0.2) is 12.8 Å². The molecule has 0 N–H and O–H groups in total. The third kappa shape index (κ3) is 3.14. The lowest BCUT2D eigenvalue weighted by atomic mass is 10.1. The van der Waals surface area contributed by atoms with Crippen LogP contribution in [-0.4, -0.2) is 50.8 Å². The summed E-state index contributed by atoms with van der Waals surface area (Å²) >= 11 is 5.92. The summed E-state index contributed by atoms with van der Waals surface area (Å²) in [7, 11) is 0.106. The molecule has 1 fully saturated rings. The van der Waals surface area contributed by atoms with Gasteiger partial charge in [0.15, 0.2) is 0 Å². The zero-order valence-corrected chi connectivity index (χ0v) is 13.1. The first-order valence-electron chi connectivity index (χ1n) is 6.44. The molecule has 0 bridgehead atoms. The number of sulfonamides is 1. The quantitative estimate of drug-likeness (QED) is 0.857. The molecule has 7 heteroatoms. The van der Waals surface area contributed by atoms with Gasteiger partial charge >= 0.3 is 0 Å². The number of nitrogens with zero attached hydrogens (tertiary/aromatic N) is 2. The summed E-state index contributed by atoms with van der Waals surface area (Å²) in [6.07, 6.45) is 1.74. The summed E-state index contributed by atoms with van der Waals surface area (Å²) in [6, 6.07) is 3.58. The van der Waals surface area contributed by atoms with Crippen molar-refractivity contribution in [2.45, 2.75) is 23.8 Å². The van der Waals surface area contributed by atoms with Gasteiger partial charge in [0.25, 0.3) is 0 Å². The monoisotopic (exact) mass is 320 g/mol. The van der Waals surface area contributed by atoms with E-state index in [-0.39, 0.29) is 16.0 Å². The Morgan fingerprint density at radius 1 is 1.40 bits per heavy atom. The fourth-order valence-corrected chi connectivity index (χ4v) is 4.38. The molecule has 1 heterocycles. The van der Waals surface area contributed by atoms with Gasteiger partial charge in [-0.2, -0.15) is 4.31 Å². The van der Waals surface area contributed by atoms with Crippen LogP contribution in [0.3, 0.4) is 0 Å². The number of piperidine rings is 1. The molecule has 0 spiro atoms. The van der Waals surface area contributed by atoms with E-state index >= 15 is 0 Å². The van der Waals surface area contributed by atoms with Gasteiger partial charge in [-0.3, -0.25) is 0 Å². The van der Waals surface area contributed by atoms with Crippen molar-refractivity contribution in [3.8, 4) is 0 Å². The standard InChI is InChI=1S/C13H18ClFN2O2S/c1-16(2)11-4-3-7-17(9-11)20(18,19)13-8-10(15)5-6-12(13)14/h5-6,8,11H,3-4,7,9H2,1-2H3. The van der Waals surface area contributed by atoms with Crippen LogP contribution in [0.25, 0.3) is 0 Å². The van der Waals surface area contributed by atoms with Crippen molar-refractivity contribution < 1.29 is 12.8 Å². The van der Waals surface area contributed by atoms with E-state index in [1.807, 2.05) is 19.0 Å². The van der Waals surface area contributed by atoms with E-state index in [1.165, 1.54) is 10.4 Å². The highest BCUT2D eigenvalue weighted by Gasteiger charge is 2.32. The lowest BCUT2D eigenvalue weighted by molar-refractivity contribution is 0.190. The maximum Gasteiger partial charge on any atom is 0.244 e. The first-order chi connectivity index (χ1) is 9.32. The minimum absolute atomic E-state index is 0.0541. The summed E-state index contributed by atoms with van der Waals surface area (Å²) in [4.78, 5) is 1.85. The van der Waals surface area contributed by atoms with Crippen LogP contribution in [0.15, 0.2) is 23.1 Å². The van der Waals surface area contributed by atoms with Gasteiger partial charge in [0.2, 0.25) is 10.0 Å². The Labute approximate surface area is 124 Å². The molecule has 1 aromatic rings. The van der Waals surface area contributed by atoms with Crippen LogP contribution < -0.4 is 0 Å². The summed E-state index contributed by atoms with van der Waals surface area (Å²) in [5, 5.41) is 0.0541. The predicted molar refractivity (Wildman–Crippen MR) is 76.9 cm³/mol. The van der Waals surface area contributed by atoms with Crippen LogP contribution in [0, 0.1) is 5.82 Å². The molecule has 0 aliphatic carbocycles. The van der Waals surface area contributed by atoms with E-state index in [0.717, 1.165) is 25.0 Å². The molecule has 112 valence electrons. The number of hydrogen-bond donors (Lipinski definition) is 0. The van der Waals surface area contributed by atoms with E-state index in [2.05, 4.69) is 0 Å². The highest BCUT2D eigenvalue weighted by Crippen LogP contribution is 2.28. The first-order valence-corrected chi connectivity index (χ1v) is 8.26. The molecule has 1 saturated heterocycles. The lowest BCUT2D eigenvalue weighted by Gasteiger charge is -2.35. The third-order valence-electron chi connectivity index (χ3n) is 3.60. The van der Waals surface area contributed by atoms with E-state index in [4.69, 9.17) is 11.6 Å². The molecule has 2 rings (SSSR count). The second-order valence-electron chi connectivity index (χ2n) is 5.20. The SMILES string of the molecule is CN(C)C1CCCN(S(=O)(=O)c2cc(F)ccc2Cl)C1. The Bertz CT molecular complexity index is 592. The van der Waals surface area contributed by atoms with Crippen LogP contribution in [0.5, 0.6) is 0 Å². The molecule has 0 radical (unpaired) electrons. The fraction of sp³-hybridized carbons (Fsp3) is 0.538. The summed E-state index contributed by atoms with van der Waals surface area (Å²) in [5.41, 5.74) is 0. The average molecular weight is 321 g/mol. The van der Waals surface area contributed by atoms with Crippen molar-refractivity contribution in [3.05, 3.63) is 29.0 Å². The second-order valence-corrected chi connectivity index (χ2v) is 7.51. The number of likely N-dealkylation sites (N-methyl/N-ethyl adjacent to an activating group) is 1. The van der Waals surface area contributed by atoms with Gasteiger partial charge in [-0.15, -0.1) is 0 Å². The molecule has 1 unspecified atom stereocenters. The summed E-state index contributed by atoms with van der Waals surface area (Å²) in [5.74, 6) is -0.603. The first kappa shape index (κ1) is 15.7. The van der Waals surface area contributed by atoms with Crippen molar-refractivity contribution in [1.29, 1.82) is 0 Å². The van der Waals surface area contributed by atoms with Crippen LogP contribution in [0.4, 0.5) is 4.39 Å². The van der Waals surface area contributed by atoms with Crippen molar-refractivity contribution in [2.75, 3.05) is 27.2 Å². The van der Waals surface area contributed by atoms with Gasteiger partial charge in [0.1, 0.15) is 10.7 Å². The Kier molecular flexibility index (Phi) is 4.69. The van der Waals surface area contributed by atoms with Crippen LogP contribution in [0.2, 0.25) is 5.02 Å². The number of rotatable bonds is 3. The Morgan fingerprint density at radius 2 is 2.10 bits per heavy atom. The Hall–Kier alpha value is -0.690. The molecule has 0 saturated carbocycles. The maximum absolute atomic E-state index is 13.3. The van der Waals surface area contributed by atoms with Gasteiger partial charge in [0, 0.05) is 19.1 Å². The molecule has 4 nitrogen and oxygen atoms in total. The Morgan fingerprint density at radius 3 is 2.75 bits per heavy atom. The van der Waals surface area contributed by atoms with Gasteiger partial charge < -0.3 is 4.90 Å². The lowest BCUT2D eigenvalue weighted by Crippen LogP contribution is -2.47. The number of benzene rings is 1. The fourth-order valence-electron chi connectivity index (χ4n) is 2.37. The second kappa shape index (κ2) is 5.97. The highest BCUT2D eigenvalue weighted by atomic mass is 35.5. The van der Waals surface area contributed by atoms with E-state index in [0.29, 0.717) is 13.1 Å². The van der Waals surface area contributed by atoms with E-state index < -0.39 is 15.8 Å². The van der Waals surface area contributed by atoms with Gasteiger partial charge in [0.05, 0.1) is 5.02 Å². The zero-order valence-electron chi connectivity index (χ0n) is 11.5. The summed E-state index contributed by atoms with van der Waals surface area (Å²) in [6.45, 7) is 0.849. The molecular weight excluding hydrogens is 303 g/mol. The molecule has 1 aliphatic rings. The summed E-state index contributed by atoms with van der Waals surface area (Å²) < 4.78 is 39.9. The maximum atomic E-state index is 13.3. The smallest absolute Gasteiger partial charge is 0.244 e. The highest BCUT2D eigenvalue weighted by molar-refractivity contribution is 7.89. The average Bonchev–Trinajstić information content (AvgIpc) is 2.41. The number of hydrogen-bond acceptors (Lipinski definition) is 3. The number of halogens is 2. The van der Waals surface area contributed by atoms with Crippen LogP contribution in [0.1, 0.15) is 12.8 Å². The normalized spacial score (nSPS) is 21.4. The van der Waals surface area contributed by atoms with Gasteiger partial charge in [-0.05, 0) is 45.1 Å². The van der Waals surface area contributed by atoms with Crippen molar-refractivity contribution in [1.82, 2.24) is 9.21 Å². The molecule has 1 aliphatic heterocycles. The van der Waals surface area contributed by atoms with Crippen molar-refractivity contribution in [2.24, 2.45) is 0 Å². The molecule has 1 atom stereocenters. The molecule has 0 aromatic heterocycles. The van der Waals surface area contributed by atoms with Crippen molar-refractivity contribution in [3.63, 3.8) is 0 Å². The largest absolute Gasteiger partial charge is 0.305 e. The van der Waals surface area contributed by atoms with E-state index in [9.17, 15) is 12.8 Å². The molecule has 20 heavy (non-hydrogen) atoms. The molecule has 0 amide bonds. The third-order valence-corrected chi connectivity index (χ3v) is 5.95. The Balaban J connectivity index is 2.32. The topological polar surface area (TPSA) is 40.6 Å². The van der Waals surface area contributed by atoms with Crippen LogP contribution in [-0.2, 0) is 10.0 Å². The molecule has 1 aromatic carbocycles. The van der Waals surface area contributed by atoms with Crippen molar-refractivity contribution >= 4 is 21.6 Å². The van der Waals surface area contributed by atoms with E-state index in [1.54, 1.807) is 0 Å². The van der Waals surface area contributed by atoms with Crippen LogP contribution >= 0.6 is 11.6 Å². The minimum Gasteiger partial charge on any atom is -0.305 e.